The zero-order valence-electron chi connectivity index (χ0n) is 7.22. The first-order chi connectivity index (χ1) is 6.43. The van der Waals surface area contributed by atoms with E-state index in [0.29, 0.717) is 6.54 Å². The molecule has 1 rings (SSSR count). The van der Waals surface area contributed by atoms with E-state index in [-0.39, 0.29) is 6.67 Å². The number of aryl methyl sites for hydroxylation is 1. The second kappa shape index (κ2) is 6.34. The van der Waals surface area contributed by atoms with Crippen molar-refractivity contribution >= 4 is 7.25 Å². The van der Waals surface area contributed by atoms with Gasteiger partial charge in [-0.1, -0.05) is 6.07 Å². The second-order valence-corrected chi connectivity index (χ2v) is 2.30. The largest absolute Gasteiger partial charge is 0.673 e. The molecule has 0 saturated heterocycles. The molecular formula is C7H9BF5N. The van der Waals surface area contributed by atoms with Gasteiger partial charge in [0, 0.05) is 12.1 Å². The first-order valence-corrected chi connectivity index (χ1v) is 3.81. The Labute approximate surface area is 78.3 Å². The van der Waals surface area contributed by atoms with E-state index in [1.54, 1.807) is 4.57 Å². The van der Waals surface area contributed by atoms with Crippen LogP contribution in [-0.4, -0.2) is 13.9 Å². The van der Waals surface area contributed by atoms with Gasteiger partial charge in [0.05, 0.1) is 0 Å². The quantitative estimate of drug-likeness (QED) is 0.403. The van der Waals surface area contributed by atoms with E-state index in [0.717, 1.165) is 0 Å². The second-order valence-electron chi connectivity index (χ2n) is 2.30. The fourth-order valence-corrected chi connectivity index (χ4v) is 0.681. The van der Waals surface area contributed by atoms with E-state index in [4.69, 9.17) is 0 Å². The molecule has 80 valence electrons. The molecule has 1 nitrogen and oxygen atoms in total. The lowest BCUT2D eigenvalue weighted by molar-refractivity contribution is -0.696. The van der Waals surface area contributed by atoms with Crippen LogP contribution in [0.5, 0.6) is 0 Å². The molecule has 0 saturated carbocycles. The average molecular weight is 213 g/mol. The summed E-state index contributed by atoms with van der Waals surface area (Å²) in [5.74, 6) is 0. The maximum atomic E-state index is 11.7. The van der Waals surface area contributed by atoms with Crippen LogP contribution in [0.3, 0.4) is 0 Å². The van der Waals surface area contributed by atoms with Crippen LogP contribution < -0.4 is 4.57 Å². The fraction of sp³-hybridized carbons (Fsp3) is 0.286. The number of hydrogen-bond donors (Lipinski definition) is 0. The third kappa shape index (κ3) is 10.9. The summed E-state index contributed by atoms with van der Waals surface area (Å²) in [7, 11) is -6.00. The van der Waals surface area contributed by atoms with Gasteiger partial charge in [0.2, 0.25) is 0 Å². The van der Waals surface area contributed by atoms with Crippen LogP contribution in [-0.2, 0) is 6.54 Å². The molecule has 0 amide bonds. The minimum absolute atomic E-state index is 0.297. The Morgan fingerprint density at radius 3 is 1.71 bits per heavy atom. The lowest BCUT2D eigenvalue weighted by Crippen LogP contribution is -2.33. The van der Waals surface area contributed by atoms with Crippen LogP contribution >= 0.6 is 0 Å². The molecular weight excluding hydrogens is 204 g/mol. The minimum atomic E-state index is -6.00. The van der Waals surface area contributed by atoms with Crippen molar-refractivity contribution in [3.05, 3.63) is 30.6 Å². The van der Waals surface area contributed by atoms with Crippen LogP contribution in [0.15, 0.2) is 30.6 Å². The molecule has 14 heavy (non-hydrogen) atoms. The molecule has 0 aliphatic heterocycles. The van der Waals surface area contributed by atoms with Gasteiger partial charge >= 0.3 is 7.25 Å². The van der Waals surface area contributed by atoms with Crippen LogP contribution in [0, 0.1) is 0 Å². The highest BCUT2D eigenvalue weighted by Gasteiger charge is 2.20. The first kappa shape index (κ1) is 12.9. The van der Waals surface area contributed by atoms with Gasteiger partial charge in [-0.25, -0.2) is 8.96 Å². The van der Waals surface area contributed by atoms with Gasteiger partial charge in [-0.15, -0.1) is 0 Å². The van der Waals surface area contributed by atoms with Gasteiger partial charge in [-0.3, -0.25) is 0 Å². The Hall–Kier alpha value is -1.14. The van der Waals surface area contributed by atoms with E-state index in [2.05, 4.69) is 0 Å². The number of nitrogens with zero attached hydrogens (tertiary/aromatic N) is 1. The molecule has 1 aromatic heterocycles. The summed E-state index contributed by atoms with van der Waals surface area (Å²) >= 11 is 0. The number of alkyl halides is 1. The summed E-state index contributed by atoms with van der Waals surface area (Å²) in [6.45, 7) is 0.162. The maximum absolute atomic E-state index is 11.7. The number of halogens is 5. The molecule has 0 atom stereocenters. The fourth-order valence-electron chi connectivity index (χ4n) is 0.681. The van der Waals surface area contributed by atoms with Crippen molar-refractivity contribution in [1.82, 2.24) is 0 Å². The Kier molecular flexibility index (Phi) is 5.82. The average Bonchev–Trinajstić information content (AvgIpc) is 2.03. The molecule has 1 heterocycles. The lowest BCUT2D eigenvalue weighted by atomic mass is 10.3. The van der Waals surface area contributed by atoms with Crippen LogP contribution in [0.25, 0.3) is 0 Å². The van der Waals surface area contributed by atoms with E-state index >= 15 is 0 Å². The van der Waals surface area contributed by atoms with E-state index in [1.165, 1.54) is 0 Å². The summed E-state index contributed by atoms with van der Waals surface area (Å²) in [6.07, 6.45) is 3.69. The smallest absolute Gasteiger partial charge is 0.418 e. The SMILES string of the molecule is FCC[n+]1ccccc1.F[B-](F)(F)F. The van der Waals surface area contributed by atoms with Gasteiger partial charge in [-0.05, 0) is 0 Å². The highest BCUT2D eigenvalue weighted by atomic mass is 19.5. The summed E-state index contributed by atoms with van der Waals surface area (Å²) in [6, 6.07) is 5.68. The monoisotopic (exact) mass is 213 g/mol. The van der Waals surface area contributed by atoms with Crippen molar-refractivity contribution in [3.8, 4) is 0 Å². The van der Waals surface area contributed by atoms with Crippen LogP contribution in [0.1, 0.15) is 0 Å². The lowest BCUT2D eigenvalue weighted by Gasteiger charge is -1.94. The molecule has 0 N–H and O–H groups in total. The minimum Gasteiger partial charge on any atom is -0.418 e. The number of rotatable bonds is 2. The normalized spacial score (nSPS) is 10.4. The van der Waals surface area contributed by atoms with Gasteiger partial charge in [-0.2, -0.15) is 0 Å². The third-order valence-corrected chi connectivity index (χ3v) is 1.12. The van der Waals surface area contributed by atoms with E-state index in [9.17, 15) is 21.7 Å². The van der Waals surface area contributed by atoms with Crippen molar-refractivity contribution in [2.45, 2.75) is 6.54 Å². The molecule has 1 aromatic rings. The zero-order valence-corrected chi connectivity index (χ0v) is 7.22. The maximum Gasteiger partial charge on any atom is 0.673 e. The highest BCUT2D eigenvalue weighted by Crippen LogP contribution is 2.06. The van der Waals surface area contributed by atoms with Gasteiger partial charge < -0.3 is 17.3 Å². The summed E-state index contributed by atoms with van der Waals surface area (Å²) in [5.41, 5.74) is 0. The molecule has 0 fully saturated rings. The standard InChI is InChI=1S/C7H9FN.BF4/c8-4-7-9-5-2-1-3-6-9;2-1(3,4)5/h1-3,5-6H,4,7H2;/q+1;-1. The van der Waals surface area contributed by atoms with Crippen LogP contribution in [0.4, 0.5) is 21.7 Å². The number of hydrogen-bond acceptors (Lipinski definition) is 0. The topological polar surface area (TPSA) is 3.88 Å². The van der Waals surface area contributed by atoms with E-state index in [1.807, 2.05) is 30.6 Å². The molecule has 0 aliphatic carbocycles. The van der Waals surface area contributed by atoms with E-state index < -0.39 is 7.25 Å². The van der Waals surface area contributed by atoms with Crippen molar-refractivity contribution in [2.75, 3.05) is 6.67 Å². The Balaban J connectivity index is 0.000000292. The Bertz CT molecular complexity index is 232. The van der Waals surface area contributed by atoms with Gasteiger partial charge in [0.1, 0.15) is 6.67 Å². The molecule has 0 spiro atoms. The highest BCUT2D eigenvalue weighted by molar-refractivity contribution is 6.50. The summed E-state index contributed by atoms with van der Waals surface area (Å²) in [4.78, 5) is 0. The number of pyridine rings is 1. The molecule has 7 heteroatoms. The Morgan fingerprint density at radius 2 is 1.36 bits per heavy atom. The van der Waals surface area contributed by atoms with Crippen molar-refractivity contribution < 1.29 is 26.2 Å². The molecule has 0 unspecified atom stereocenters. The molecule has 0 bridgehead atoms. The van der Waals surface area contributed by atoms with Crippen molar-refractivity contribution in [1.29, 1.82) is 0 Å². The predicted molar refractivity (Wildman–Crippen MR) is 42.8 cm³/mol. The van der Waals surface area contributed by atoms with Crippen LogP contribution in [0.2, 0.25) is 0 Å². The van der Waals surface area contributed by atoms with Gasteiger partial charge in [0.25, 0.3) is 0 Å². The first-order valence-electron chi connectivity index (χ1n) is 3.81. The predicted octanol–water partition coefficient (Wildman–Crippen LogP) is 2.24. The molecule has 0 aliphatic rings. The summed E-state index contributed by atoms with van der Waals surface area (Å²) < 4.78 is 52.5. The Morgan fingerprint density at radius 1 is 0.929 bits per heavy atom. The van der Waals surface area contributed by atoms with Gasteiger partial charge in [0.15, 0.2) is 18.9 Å². The van der Waals surface area contributed by atoms with Crippen molar-refractivity contribution in [3.63, 3.8) is 0 Å². The number of aromatic nitrogens is 1. The zero-order chi connectivity index (χ0) is 11.0. The summed E-state index contributed by atoms with van der Waals surface area (Å²) in [5, 5.41) is 0. The van der Waals surface area contributed by atoms with Crippen molar-refractivity contribution in [2.24, 2.45) is 0 Å². The molecule has 0 aromatic carbocycles. The molecule has 0 radical (unpaired) electrons. The third-order valence-electron chi connectivity index (χ3n) is 1.12.